The van der Waals surface area contributed by atoms with Crippen molar-refractivity contribution < 1.29 is 4.39 Å². The predicted octanol–water partition coefficient (Wildman–Crippen LogP) is 2.01. The van der Waals surface area contributed by atoms with Gasteiger partial charge in [-0.1, -0.05) is 6.07 Å². The average Bonchev–Trinajstić information content (AvgIpc) is 2.48. The molecule has 0 bridgehead atoms. The minimum Gasteiger partial charge on any atom is -0.357 e. The molecule has 0 spiro atoms. The van der Waals surface area contributed by atoms with Crippen LogP contribution < -0.4 is 10.2 Å². The van der Waals surface area contributed by atoms with E-state index in [0.29, 0.717) is 24.5 Å². The summed E-state index contributed by atoms with van der Waals surface area (Å²) in [5.74, 6) is 0.124. The van der Waals surface area contributed by atoms with Crippen LogP contribution in [0.1, 0.15) is 11.3 Å². The van der Waals surface area contributed by atoms with Crippen LogP contribution in [0.5, 0.6) is 0 Å². The molecule has 2 heterocycles. The van der Waals surface area contributed by atoms with E-state index in [1.165, 1.54) is 0 Å². The van der Waals surface area contributed by atoms with Gasteiger partial charge in [-0.15, -0.1) is 0 Å². The minimum absolute atomic E-state index is 0.259. The molecule has 0 atom stereocenters. The summed E-state index contributed by atoms with van der Waals surface area (Å²) in [6, 6.07) is 7.50. The van der Waals surface area contributed by atoms with Crippen molar-refractivity contribution in [3.05, 3.63) is 53.7 Å². The maximum absolute atomic E-state index is 14.3. The first-order valence-electron chi connectivity index (χ1n) is 6.61. The van der Waals surface area contributed by atoms with E-state index < -0.39 is 0 Å². The van der Waals surface area contributed by atoms with Crippen molar-refractivity contribution >= 4 is 5.82 Å². The smallest absolute Gasteiger partial charge is 0.170 e. The van der Waals surface area contributed by atoms with Gasteiger partial charge in [0.1, 0.15) is 0 Å². The van der Waals surface area contributed by atoms with Gasteiger partial charge in [-0.25, -0.2) is 9.37 Å². The molecule has 1 N–H and O–H groups in total. The standard InChI is InChI=1S/C15H19FN4/c1-17-11-12-6-9-19-15(14(12)16)20(2)10-7-13-5-3-4-8-18-13/h3-6,8-9,17H,7,10-11H2,1-2H3. The highest BCUT2D eigenvalue weighted by Crippen LogP contribution is 2.18. The number of pyridine rings is 2. The molecule has 0 unspecified atom stereocenters. The largest absolute Gasteiger partial charge is 0.357 e. The second kappa shape index (κ2) is 6.96. The van der Waals surface area contributed by atoms with E-state index in [1.807, 2.05) is 30.1 Å². The number of rotatable bonds is 6. The Morgan fingerprint density at radius 1 is 1.20 bits per heavy atom. The molecule has 4 nitrogen and oxygen atoms in total. The number of anilines is 1. The third-order valence-corrected chi connectivity index (χ3v) is 3.11. The number of aromatic nitrogens is 2. The Balaban J connectivity index is 2.05. The molecule has 5 heteroatoms. The van der Waals surface area contributed by atoms with Gasteiger partial charge in [0.25, 0.3) is 0 Å². The molecule has 0 aliphatic carbocycles. The SMILES string of the molecule is CNCc1ccnc(N(C)CCc2ccccn2)c1F. The number of hydrogen-bond acceptors (Lipinski definition) is 4. The molecule has 0 amide bonds. The summed E-state index contributed by atoms with van der Waals surface area (Å²) in [6.07, 6.45) is 4.17. The van der Waals surface area contributed by atoms with Gasteiger partial charge in [-0.3, -0.25) is 4.98 Å². The van der Waals surface area contributed by atoms with Crippen LogP contribution in [0.15, 0.2) is 36.7 Å². The first-order chi connectivity index (χ1) is 9.72. The van der Waals surface area contributed by atoms with Crippen LogP contribution in [0.2, 0.25) is 0 Å². The molecule has 2 rings (SSSR count). The van der Waals surface area contributed by atoms with Crippen LogP contribution in [0.25, 0.3) is 0 Å². The predicted molar refractivity (Wildman–Crippen MR) is 78.2 cm³/mol. The molecule has 0 radical (unpaired) electrons. The molecule has 0 saturated carbocycles. The molecule has 20 heavy (non-hydrogen) atoms. The molecular formula is C15H19FN4. The van der Waals surface area contributed by atoms with E-state index in [9.17, 15) is 4.39 Å². The molecule has 0 aliphatic rings. The maximum Gasteiger partial charge on any atom is 0.170 e. The number of nitrogens with one attached hydrogen (secondary N) is 1. The van der Waals surface area contributed by atoms with Crippen molar-refractivity contribution in [1.82, 2.24) is 15.3 Å². The van der Waals surface area contributed by atoms with Crippen LogP contribution in [0, 0.1) is 5.82 Å². The van der Waals surface area contributed by atoms with Gasteiger partial charge < -0.3 is 10.2 Å². The zero-order valence-corrected chi connectivity index (χ0v) is 11.8. The zero-order valence-electron chi connectivity index (χ0n) is 11.8. The fourth-order valence-electron chi connectivity index (χ4n) is 2.00. The summed E-state index contributed by atoms with van der Waals surface area (Å²) in [4.78, 5) is 10.2. The summed E-state index contributed by atoms with van der Waals surface area (Å²) in [7, 11) is 3.64. The number of likely N-dealkylation sites (N-methyl/N-ethyl adjacent to an activating group) is 1. The van der Waals surface area contributed by atoms with Crippen molar-refractivity contribution in [2.24, 2.45) is 0 Å². The number of halogens is 1. The summed E-state index contributed by atoms with van der Waals surface area (Å²) in [6.45, 7) is 1.17. The molecule has 106 valence electrons. The van der Waals surface area contributed by atoms with Crippen LogP contribution >= 0.6 is 0 Å². The number of nitrogens with zero attached hydrogens (tertiary/aromatic N) is 3. The van der Waals surface area contributed by atoms with Crippen molar-refractivity contribution in [3.63, 3.8) is 0 Å². The first-order valence-corrected chi connectivity index (χ1v) is 6.61. The van der Waals surface area contributed by atoms with Crippen LogP contribution in [-0.4, -0.2) is 30.6 Å². The molecule has 0 saturated heterocycles. The van der Waals surface area contributed by atoms with Crippen LogP contribution in [0.3, 0.4) is 0 Å². The van der Waals surface area contributed by atoms with Crippen LogP contribution in [0.4, 0.5) is 10.2 Å². The molecule has 2 aromatic rings. The van der Waals surface area contributed by atoms with E-state index >= 15 is 0 Å². The van der Waals surface area contributed by atoms with Gasteiger partial charge in [0.05, 0.1) is 0 Å². The lowest BCUT2D eigenvalue weighted by molar-refractivity contribution is 0.589. The topological polar surface area (TPSA) is 41.1 Å². The lowest BCUT2D eigenvalue weighted by Gasteiger charge is -2.19. The van der Waals surface area contributed by atoms with Crippen molar-refractivity contribution in [2.75, 3.05) is 25.5 Å². The summed E-state index contributed by atoms with van der Waals surface area (Å²) in [5.41, 5.74) is 1.62. The van der Waals surface area contributed by atoms with Gasteiger partial charge in [-0.05, 0) is 25.2 Å². The minimum atomic E-state index is -0.259. The Bertz CT molecular complexity index is 545. The van der Waals surface area contributed by atoms with Crippen molar-refractivity contribution in [2.45, 2.75) is 13.0 Å². The van der Waals surface area contributed by atoms with E-state index in [2.05, 4.69) is 15.3 Å². The highest BCUT2D eigenvalue weighted by Gasteiger charge is 2.13. The third kappa shape index (κ3) is 3.51. The Morgan fingerprint density at radius 3 is 2.75 bits per heavy atom. The summed E-state index contributed by atoms with van der Waals surface area (Å²) in [5, 5.41) is 2.95. The number of hydrogen-bond donors (Lipinski definition) is 1. The van der Waals surface area contributed by atoms with E-state index in [0.717, 1.165) is 12.1 Å². The fraction of sp³-hybridized carbons (Fsp3) is 0.333. The van der Waals surface area contributed by atoms with Gasteiger partial charge >= 0.3 is 0 Å². The van der Waals surface area contributed by atoms with Gasteiger partial charge in [0.15, 0.2) is 11.6 Å². The van der Waals surface area contributed by atoms with Crippen molar-refractivity contribution in [3.8, 4) is 0 Å². The van der Waals surface area contributed by atoms with Gasteiger partial charge in [0.2, 0.25) is 0 Å². The molecule has 0 aromatic carbocycles. The molecular weight excluding hydrogens is 255 g/mol. The first kappa shape index (κ1) is 14.4. The van der Waals surface area contributed by atoms with Crippen LogP contribution in [-0.2, 0) is 13.0 Å². The summed E-state index contributed by atoms with van der Waals surface area (Å²) >= 11 is 0. The summed E-state index contributed by atoms with van der Waals surface area (Å²) < 4.78 is 14.3. The van der Waals surface area contributed by atoms with Crippen molar-refractivity contribution in [1.29, 1.82) is 0 Å². The Hall–Kier alpha value is -2.01. The average molecular weight is 274 g/mol. The van der Waals surface area contributed by atoms with E-state index in [1.54, 1.807) is 25.5 Å². The van der Waals surface area contributed by atoms with E-state index in [4.69, 9.17) is 0 Å². The highest BCUT2D eigenvalue weighted by molar-refractivity contribution is 5.42. The normalized spacial score (nSPS) is 10.6. The molecule has 0 aliphatic heterocycles. The quantitative estimate of drug-likeness (QED) is 0.875. The monoisotopic (exact) mass is 274 g/mol. The molecule has 0 fully saturated rings. The Labute approximate surface area is 118 Å². The molecule has 2 aromatic heterocycles. The van der Waals surface area contributed by atoms with Gasteiger partial charge in [0, 0.05) is 50.2 Å². The lowest BCUT2D eigenvalue weighted by Crippen LogP contribution is -2.23. The highest BCUT2D eigenvalue weighted by atomic mass is 19.1. The lowest BCUT2D eigenvalue weighted by atomic mass is 10.2. The second-order valence-corrected chi connectivity index (χ2v) is 4.63. The second-order valence-electron chi connectivity index (χ2n) is 4.63. The third-order valence-electron chi connectivity index (χ3n) is 3.11. The zero-order chi connectivity index (χ0) is 14.4. The fourth-order valence-corrected chi connectivity index (χ4v) is 2.00. The van der Waals surface area contributed by atoms with E-state index in [-0.39, 0.29) is 5.82 Å². The Kier molecular flexibility index (Phi) is 5.01. The maximum atomic E-state index is 14.3. The van der Waals surface area contributed by atoms with Gasteiger partial charge in [-0.2, -0.15) is 0 Å². The Morgan fingerprint density at radius 2 is 2.05 bits per heavy atom.